The first-order chi connectivity index (χ1) is 17.6. The van der Waals surface area contributed by atoms with Gasteiger partial charge in [-0.25, -0.2) is 4.99 Å². The molecule has 0 bridgehead atoms. The third-order valence-corrected chi connectivity index (χ3v) is 6.19. The molecule has 0 unspecified atom stereocenters. The van der Waals surface area contributed by atoms with Crippen LogP contribution in [0.3, 0.4) is 0 Å². The number of aliphatic imine (C=N–C) groups is 1. The molecule has 0 atom stereocenters. The van der Waals surface area contributed by atoms with Crippen LogP contribution in [0.4, 0.5) is 11.4 Å². The average molecular weight is 559 g/mol. The van der Waals surface area contributed by atoms with Crippen molar-refractivity contribution in [2.24, 2.45) is 4.99 Å². The second kappa shape index (κ2) is 17.2. The van der Waals surface area contributed by atoms with Crippen molar-refractivity contribution in [3.05, 3.63) is 75.7 Å². The van der Waals surface area contributed by atoms with Gasteiger partial charge in [-0.1, -0.05) is 116 Å². The summed E-state index contributed by atoms with van der Waals surface area (Å²) in [6.45, 7) is 27.9. The molecule has 5 heteroatoms. The van der Waals surface area contributed by atoms with Crippen molar-refractivity contribution in [2.75, 3.05) is 0 Å². The van der Waals surface area contributed by atoms with E-state index >= 15 is 0 Å². The number of para-hydroxylation sites is 2. The van der Waals surface area contributed by atoms with Gasteiger partial charge >= 0.3 is 37.7 Å². The third kappa shape index (κ3) is 12.6. The number of nitrogens with one attached hydrogen (secondary N) is 1. The molecule has 0 saturated carbocycles. The van der Waals surface area contributed by atoms with E-state index in [-0.39, 0.29) is 43.3 Å². The normalized spacial score (nSPS) is 12.7. The average Bonchev–Trinajstić information content (AvgIpc) is 2.78. The Labute approximate surface area is 269 Å². The van der Waals surface area contributed by atoms with Crippen LogP contribution in [0.1, 0.15) is 136 Å². The van der Waals surface area contributed by atoms with Crippen LogP contribution < -0.4 is 10.1 Å². The minimum absolute atomic E-state index is 0. The molecule has 2 aromatic rings. The zero-order valence-electron chi connectivity index (χ0n) is 26.9. The quantitative estimate of drug-likeness (QED) is 0.201. The van der Waals surface area contributed by atoms with E-state index < -0.39 is 0 Å². The second-order valence-corrected chi connectivity index (χ2v) is 12.3. The van der Waals surface area contributed by atoms with Crippen LogP contribution >= 0.6 is 0 Å². The number of hydrogen-bond acceptors (Lipinski definition) is 2. The number of rotatable bonds is 8. The number of allylic oxidation sites excluding steroid dienone is 2. The monoisotopic (exact) mass is 558 g/mol. The van der Waals surface area contributed by atoms with Gasteiger partial charge in [0.05, 0.1) is 5.54 Å². The van der Waals surface area contributed by atoms with E-state index in [0.29, 0.717) is 30.1 Å². The fourth-order valence-electron chi connectivity index (χ4n) is 4.25. The maximum Gasteiger partial charge on any atom is 2.00 e. The Morgan fingerprint density at radius 2 is 1.15 bits per heavy atom. The maximum atomic E-state index is 9.65. The van der Waals surface area contributed by atoms with Crippen LogP contribution in [0.25, 0.3) is 5.32 Å². The first-order valence-electron chi connectivity index (χ1n) is 14.0. The summed E-state index contributed by atoms with van der Waals surface area (Å²) in [6.07, 6.45) is 2.75. The summed E-state index contributed by atoms with van der Waals surface area (Å²) >= 11 is 0. The molecule has 2 aromatic carbocycles. The Balaban J connectivity index is 0.00000159. The molecule has 0 amide bonds. The summed E-state index contributed by atoms with van der Waals surface area (Å²) in [5.41, 5.74) is 9.69. The van der Waals surface area contributed by atoms with Crippen molar-refractivity contribution in [3.8, 4) is 0 Å². The number of hydrogen-bond donors (Lipinski definition) is 1. The topological polar surface area (TPSA) is 63.5 Å². The van der Waals surface area contributed by atoms with Crippen LogP contribution in [0.15, 0.2) is 53.2 Å². The molecule has 1 N–H and O–H groups in total. The van der Waals surface area contributed by atoms with E-state index in [1.54, 1.807) is 0 Å². The SMILES string of the molecule is CC(/C=C(/C)[N-]c1c(C(C)C)cccc1C(C)C)=[NH+]c1c(C(C)C)cccc1C(C)C.CC(C)(C)N=C[O-].[Ca+2]. The van der Waals surface area contributed by atoms with Crippen molar-refractivity contribution in [1.82, 2.24) is 0 Å². The van der Waals surface area contributed by atoms with Crippen molar-refractivity contribution in [2.45, 2.75) is 119 Å². The first kappa shape index (κ1) is 37.4. The summed E-state index contributed by atoms with van der Waals surface area (Å²) in [4.78, 5) is 7.29. The molecule has 0 heterocycles. The van der Waals surface area contributed by atoms with Gasteiger partial charge < -0.3 is 15.4 Å². The van der Waals surface area contributed by atoms with E-state index in [2.05, 4.69) is 122 Å². The van der Waals surface area contributed by atoms with Gasteiger partial charge in [-0.2, -0.15) is 5.70 Å². The fraction of sp³-hybridized carbons (Fsp3) is 0.529. The smallest absolute Gasteiger partial charge is 0.864 e. The van der Waals surface area contributed by atoms with E-state index in [1.807, 2.05) is 20.8 Å². The molecule has 210 valence electrons. The van der Waals surface area contributed by atoms with Gasteiger partial charge in [0.25, 0.3) is 0 Å². The molecular weight excluding hydrogens is 506 g/mol. The predicted molar refractivity (Wildman–Crippen MR) is 171 cm³/mol. The van der Waals surface area contributed by atoms with Gasteiger partial charge in [0.2, 0.25) is 5.69 Å². The van der Waals surface area contributed by atoms with Crippen molar-refractivity contribution >= 4 is 61.2 Å². The van der Waals surface area contributed by atoms with E-state index in [0.717, 1.165) is 17.1 Å². The molecule has 0 aromatic heterocycles. The molecule has 0 spiro atoms. The molecule has 39 heavy (non-hydrogen) atoms. The fourth-order valence-corrected chi connectivity index (χ4v) is 4.25. The summed E-state index contributed by atoms with van der Waals surface area (Å²) in [5, 5.41) is 14.8. The summed E-state index contributed by atoms with van der Waals surface area (Å²) in [7, 11) is 0. The molecule has 0 aliphatic rings. The molecular formula is C34H52CaN3O+. The first-order valence-corrected chi connectivity index (χ1v) is 14.0. The van der Waals surface area contributed by atoms with Gasteiger partial charge in [0, 0.05) is 18.1 Å². The van der Waals surface area contributed by atoms with E-state index in [9.17, 15) is 5.11 Å². The van der Waals surface area contributed by atoms with E-state index in [4.69, 9.17) is 5.32 Å². The number of benzene rings is 2. The van der Waals surface area contributed by atoms with Crippen LogP contribution in [0.2, 0.25) is 0 Å². The Bertz CT molecular complexity index is 1070. The zero-order chi connectivity index (χ0) is 29.2. The molecule has 4 nitrogen and oxygen atoms in total. The molecule has 0 aliphatic heterocycles. The van der Waals surface area contributed by atoms with E-state index in [1.165, 1.54) is 27.9 Å². The van der Waals surface area contributed by atoms with Gasteiger partial charge in [0.15, 0.2) is 5.71 Å². The summed E-state index contributed by atoms with van der Waals surface area (Å²) in [5.74, 6) is 1.82. The predicted octanol–water partition coefficient (Wildman–Crippen LogP) is 7.76. The Morgan fingerprint density at radius 3 is 1.46 bits per heavy atom. The van der Waals surface area contributed by atoms with Crippen molar-refractivity contribution in [3.63, 3.8) is 0 Å². The summed E-state index contributed by atoms with van der Waals surface area (Å²) in [6, 6.07) is 13.2. The maximum absolute atomic E-state index is 9.65. The summed E-state index contributed by atoms with van der Waals surface area (Å²) < 4.78 is 0. The molecule has 0 radical (unpaired) electrons. The number of nitrogens with zero attached hydrogens (tertiary/aromatic N) is 2. The van der Waals surface area contributed by atoms with Gasteiger partial charge in [-0.05, 0) is 50.5 Å². The molecule has 2 rings (SSSR count). The van der Waals surface area contributed by atoms with Gasteiger partial charge in [-0.15, -0.1) is 5.69 Å². The standard InChI is InChI=1S/C29H41N2.C5H11NO.Ca/c1-18(2)24-13-11-14-25(19(3)4)28(24)30-22(9)17-23(10)31-29-26(20(5)6)15-12-16-27(29)21(7)8;1-5(2,3)6-4-7;/h11-21H,1-10H3;4H,1-3H3,(H,6,7);/q-1;;+2/b22-17-,31-23?;;. The molecule has 0 aliphatic carbocycles. The van der Waals surface area contributed by atoms with Gasteiger partial charge in [-0.3, -0.25) is 0 Å². The van der Waals surface area contributed by atoms with Gasteiger partial charge in [0.1, 0.15) is 0 Å². The Kier molecular flexibility index (Phi) is 16.5. The van der Waals surface area contributed by atoms with Crippen LogP contribution in [0, 0.1) is 0 Å². The van der Waals surface area contributed by atoms with Crippen LogP contribution in [-0.2, 0) is 0 Å². The Hall–Kier alpha value is -1.62. The second-order valence-electron chi connectivity index (χ2n) is 12.3. The molecule has 0 fully saturated rings. The van der Waals surface area contributed by atoms with Crippen LogP contribution in [0.5, 0.6) is 0 Å². The minimum atomic E-state index is -0.193. The third-order valence-electron chi connectivity index (χ3n) is 6.19. The molecule has 0 saturated heterocycles. The zero-order valence-corrected chi connectivity index (χ0v) is 29.1. The largest absolute Gasteiger partial charge is 2.00 e. The Morgan fingerprint density at radius 1 is 0.769 bits per heavy atom. The minimum Gasteiger partial charge on any atom is -0.864 e. The van der Waals surface area contributed by atoms with Crippen molar-refractivity contribution < 1.29 is 10.1 Å². The van der Waals surface area contributed by atoms with Crippen LogP contribution in [-0.4, -0.2) is 55.4 Å². The van der Waals surface area contributed by atoms with Crippen molar-refractivity contribution in [1.29, 1.82) is 0 Å².